The SMILES string of the molecule is CNCC1CCN(C(=O)c2cccc(NC(=O)C3Cc4ccccc4O3)c2)C1.Cl. The number of hydrogen-bond acceptors (Lipinski definition) is 4. The average molecular weight is 416 g/mol. The second-order valence-electron chi connectivity index (χ2n) is 7.45. The summed E-state index contributed by atoms with van der Waals surface area (Å²) in [6, 6.07) is 14.8. The van der Waals surface area contributed by atoms with Crippen LogP contribution in [0.1, 0.15) is 22.3 Å². The highest BCUT2D eigenvalue weighted by Gasteiger charge is 2.29. The second-order valence-corrected chi connectivity index (χ2v) is 7.45. The van der Waals surface area contributed by atoms with Crippen LogP contribution in [0.25, 0.3) is 0 Å². The summed E-state index contributed by atoms with van der Waals surface area (Å²) in [4.78, 5) is 27.3. The fourth-order valence-corrected chi connectivity index (χ4v) is 3.94. The molecule has 1 fully saturated rings. The first-order chi connectivity index (χ1) is 13.6. The van der Waals surface area contributed by atoms with Crippen molar-refractivity contribution in [1.29, 1.82) is 0 Å². The van der Waals surface area contributed by atoms with Gasteiger partial charge in [0.2, 0.25) is 0 Å². The lowest BCUT2D eigenvalue weighted by Crippen LogP contribution is -2.32. The zero-order valence-electron chi connectivity index (χ0n) is 16.4. The summed E-state index contributed by atoms with van der Waals surface area (Å²) in [5.41, 5.74) is 2.25. The van der Waals surface area contributed by atoms with Gasteiger partial charge in [-0.05, 0) is 55.8 Å². The number of ether oxygens (including phenoxy) is 1. The van der Waals surface area contributed by atoms with Crippen molar-refractivity contribution in [2.75, 3.05) is 32.0 Å². The molecule has 2 N–H and O–H groups in total. The minimum Gasteiger partial charge on any atom is -0.480 e. The Hall–Kier alpha value is -2.57. The van der Waals surface area contributed by atoms with E-state index in [9.17, 15) is 9.59 Å². The summed E-state index contributed by atoms with van der Waals surface area (Å²) >= 11 is 0. The van der Waals surface area contributed by atoms with Crippen LogP contribution in [0.2, 0.25) is 0 Å². The smallest absolute Gasteiger partial charge is 0.265 e. The van der Waals surface area contributed by atoms with Gasteiger partial charge < -0.3 is 20.3 Å². The molecule has 2 heterocycles. The molecule has 29 heavy (non-hydrogen) atoms. The molecule has 0 aliphatic carbocycles. The van der Waals surface area contributed by atoms with E-state index in [1.165, 1.54) is 0 Å². The molecular weight excluding hydrogens is 390 g/mol. The Morgan fingerprint density at radius 3 is 2.79 bits per heavy atom. The summed E-state index contributed by atoms with van der Waals surface area (Å²) in [5, 5.41) is 6.06. The molecule has 0 saturated carbocycles. The lowest BCUT2D eigenvalue weighted by Gasteiger charge is -2.17. The zero-order chi connectivity index (χ0) is 19.5. The van der Waals surface area contributed by atoms with E-state index in [-0.39, 0.29) is 24.2 Å². The van der Waals surface area contributed by atoms with Gasteiger partial charge in [-0.3, -0.25) is 9.59 Å². The standard InChI is InChI=1S/C22H25N3O3.ClH/c1-23-13-15-9-10-25(14-15)22(27)17-6-4-7-18(11-17)24-21(26)20-12-16-5-2-3-8-19(16)28-20;/h2-8,11,15,20,23H,9-10,12-14H2,1H3,(H,24,26);1H. The molecule has 1 saturated heterocycles. The molecule has 154 valence electrons. The molecule has 6 nitrogen and oxygen atoms in total. The third kappa shape index (κ3) is 4.71. The number of benzene rings is 2. The number of nitrogens with zero attached hydrogens (tertiary/aromatic N) is 1. The normalized spacial score (nSPS) is 19.8. The van der Waals surface area contributed by atoms with Crippen LogP contribution in [0, 0.1) is 5.92 Å². The summed E-state index contributed by atoms with van der Waals surface area (Å²) in [6.45, 7) is 2.46. The molecule has 2 aromatic rings. The van der Waals surface area contributed by atoms with E-state index in [0.717, 1.165) is 37.4 Å². The first kappa shape index (κ1) is 21.1. The van der Waals surface area contributed by atoms with Gasteiger partial charge in [0.05, 0.1) is 0 Å². The van der Waals surface area contributed by atoms with E-state index in [2.05, 4.69) is 10.6 Å². The molecule has 2 aliphatic heterocycles. The molecule has 2 amide bonds. The van der Waals surface area contributed by atoms with Crippen LogP contribution in [0.3, 0.4) is 0 Å². The molecule has 4 rings (SSSR count). The van der Waals surface area contributed by atoms with Crippen LogP contribution in [-0.4, -0.2) is 49.5 Å². The number of nitrogens with one attached hydrogen (secondary N) is 2. The van der Waals surface area contributed by atoms with Gasteiger partial charge in [-0.1, -0.05) is 24.3 Å². The maximum absolute atomic E-state index is 12.8. The Morgan fingerprint density at radius 2 is 2.00 bits per heavy atom. The number of halogens is 1. The third-order valence-corrected chi connectivity index (χ3v) is 5.38. The Balaban J connectivity index is 0.00000240. The van der Waals surface area contributed by atoms with Gasteiger partial charge in [0.1, 0.15) is 5.75 Å². The van der Waals surface area contributed by atoms with Crippen LogP contribution in [0.15, 0.2) is 48.5 Å². The number of rotatable bonds is 5. The van der Waals surface area contributed by atoms with Crippen molar-refractivity contribution in [1.82, 2.24) is 10.2 Å². The number of amides is 2. The van der Waals surface area contributed by atoms with E-state index in [1.807, 2.05) is 36.2 Å². The number of hydrogen-bond donors (Lipinski definition) is 2. The topological polar surface area (TPSA) is 70.7 Å². The van der Waals surface area contributed by atoms with Crippen LogP contribution in [0.5, 0.6) is 5.75 Å². The van der Waals surface area contributed by atoms with Crippen LogP contribution < -0.4 is 15.4 Å². The molecule has 2 aliphatic rings. The highest BCUT2D eigenvalue weighted by molar-refractivity contribution is 5.98. The summed E-state index contributed by atoms with van der Waals surface area (Å²) in [6.07, 6.45) is 1.03. The van der Waals surface area contributed by atoms with Gasteiger partial charge in [0, 0.05) is 30.8 Å². The van der Waals surface area contributed by atoms with E-state index >= 15 is 0 Å². The van der Waals surface area contributed by atoms with Gasteiger partial charge >= 0.3 is 0 Å². The molecule has 2 unspecified atom stereocenters. The lowest BCUT2D eigenvalue weighted by atomic mass is 10.1. The fourth-order valence-electron chi connectivity index (χ4n) is 3.94. The summed E-state index contributed by atoms with van der Waals surface area (Å²) < 4.78 is 5.74. The van der Waals surface area contributed by atoms with Gasteiger partial charge in [0.15, 0.2) is 6.10 Å². The largest absolute Gasteiger partial charge is 0.480 e. The van der Waals surface area contributed by atoms with Crippen molar-refractivity contribution in [3.05, 3.63) is 59.7 Å². The molecule has 0 bridgehead atoms. The monoisotopic (exact) mass is 415 g/mol. The minimum atomic E-state index is -0.544. The zero-order valence-corrected chi connectivity index (χ0v) is 17.2. The maximum atomic E-state index is 12.8. The van der Waals surface area contributed by atoms with Crippen molar-refractivity contribution in [2.45, 2.75) is 18.9 Å². The molecule has 0 radical (unpaired) electrons. The Bertz CT molecular complexity index is 864. The number of anilines is 1. The average Bonchev–Trinajstić information content (AvgIpc) is 3.35. The first-order valence-electron chi connectivity index (χ1n) is 9.73. The fraction of sp³-hybridized carbons (Fsp3) is 0.364. The van der Waals surface area contributed by atoms with E-state index in [0.29, 0.717) is 23.6 Å². The van der Waals surface area contributed by atoms with Crippen molar-refractivity contribution >= 4 is 29.9 Å². The third-order valence-electron chi connectivity index (χ3n) is 5.38. The number of fused-ring (bicyclic) bond motifs is 1. The van der Waals surface area contributed by atoms with Crippen LogP contribution in [0.4, 0.5) is 5.69 Å². The lowest BCUT2D eigenvalue weighted by molar-refractivity contribution is -0.122. The minimum absolute atomic E-state index is 0. The highest BCUT2D eigenvalue weighted by atomic mass is 35.5. The molecule has 0 aromatic heterocycles. The number of para-hydroxylation sites is 1. The number of carbonyl (C=O) groups is 2. The van der Waals surface area contributed by atoms with Gasteiger partial charge in [0.25, 0.3) is 11.8 Å². The highest BCUT2D eigenvalue weighted by Crippen LogP contribution is 2.29. The number of carbonyl (C=O) groups excluding carboxylic acids is 2. The first-order valence-corrected chi connectivity index (χ1v) is 9.73. The van der Waals surface area contributed by atoms with Gasteiger partial charge in [-0.25, -0.2) is 0 Å². The van der Waals surface area contributed by atoms with Crippen LogP contribution >= 0.6 is 12.4 Å². The van der Waals surface area contributed by atoms with E-state index in [1.54, 1.807) is 24.3 Å². The quantitative estimate of drug-likeness (QED) is 0.787. The van der Waals surface area contributed by atoms with Crippen LogP contribution in [-0.2, 0) is 11.2 Å². The van der Waals surface area contributed by atoms with Gasteiger partial charge in [-0.2, -0.15) is 0 Å². The number of likely N-dealkylation sites (tertiary alicyclic amines) is 1. The Kier molecular flexibility index (Phi) is 6.77. The van der Waals surface area contributed by atoms with Crippen molar-refractivity contribution in [3.63, 3.8) is 0 Å². The second kappa shape index (κ2) is 9.29. The van der Waals surface area contributed by atoms with E-state index in [4.69, 9.17) is 4.74 Å². The van der Waals surface area contributed by atoms with Gasteiger partial charge in [-0.15, -0.1) is 12.4 Å². The van der Waals surface area contributed by atoms with Crippen molar-refractivity contribution in [3.8, 4) is 5.75 Å². The van der Waals surface area contributed by atoms with Crippen molar-refractivity contribution in [2.24, 2.45) is 5.92 Å². The molecular formula is C22H26ClN3O3. The molecule has 2 aromatic carbocycles. The predicted octanol–water partition coefficient (Wildman–Crippen LogP) is 2.73. The van der Waals surface area contributed by atoms with Crippen molar-refractivity contribution < 1.29 is 14.3 Å². The molecule has 7 heteroatoms. The Labute approximate surface area is 177 Å². The molecule has 0 spiro atoms. The summed E-state index contributed by atoms with van der Waals surface area (Å²) in [7, 11) is 1.93. The maximum Gasteiger partial charge on any atom is 0.265 e. The Morgan fingerprint density at radius 1 is 1.17 bits per heavy atom. The molecule has 2 atom stereocenters. The summed E-state index contributed by atoms with van der Waals surface area (Å²) in [5.74, 6) is 1.07. The predicted molar refractivity (Wildman–Crippen MR) is 115 cm³/mol. The van der Waals surface area contributed by atoms with E-state index < -0.39 is 6.10 Å².